The molecule has 0 saturated carbocycles. The molecule has 4 nitrogen and oxygen atoms in total. The zero-order valence-corrected chi connectivity index (χ0v) is 12.8. The molecule has 3 rings (SSSR count). The third-order valence-corrected chi connectivity index (χ3v) is 3.83. The second kappa shape index (κ2) is 6.41. The third kappa shape index (κ3) is 3.71. The molecule has 1 aromatic carbocycles. The standard InChI is InChI=1S/C16H18ClN3O/c1-12-9-18-16(17)19-15(12)21-14-7-8-20(11-14)10-13-5-3-2-4-6-13/h2-6,9,14H,7-8,10-11H2,1H3. The highest BCUT2D eigenvalue weighted by Gasteiger charge is 2.24. The van der Waals surface area contributed by atoms with Crippen molar-refractivity contribution in [1.82, 2.24) is 14.9 Å². The highest BCUT2D eigenvalue weighted by molar-refractivity contribution is 6.28. The Morgan fingerprint density at radius 2 is 2.14 bits per heavy atom. The molecule has 110 valence electrons. The predicted molar refractivity (Wildman–Crippen MR) is 82.5 cm³/mol. The first-order valence-electron chi connectivity index (χ1n) is 7.13. The van der Waals surface area contributed by atoms with Gasteiger partial charge >= 0.3 is 0 Å². The monoisotopic (exact) mass is 303 g/mol. The minimum Gasteiger partial charge on any atom is -0.473 e. The van der Waals surface area contributed by atoms with Crippen molar-refractivity contribution in [2.75, 3.05) is 13.1 Å². The molecular formula is C16H18ClN3O. The lowest BCUT2D eigenvalue weighted by atomic mass is 10.2. The van der Waals surface area contributed by atoms with Crippen LogP contribution < -0.4 is 4.74 Å². The van der Waals surface area contributed by atoms with E-state index in [1.807, 2.05) is 13.0 Å². The molecule has 2 heterocycles. The Morgan fingerprint density at radius 1 is 1.33 bits per heavy atom. The molecule has 1 aromatic heterocycles. The van der Waals surface area contributed by atoms with Crippen LogP contribution in [0.2, 0.25) is 5.28 Å². The van der Waals surface area contributed by atoms with Crippen LogP contribution in [-0.4, -0.2) is 34.1 Å². The molecule has 1 aliphatic heterocycles. The van der Waals surface area contributed by atoms with Crippen molar-refractivity contribution in [1.29, 1.82) is 0 Å². The Balaban J connectivity index is 1.58. The molecule has 0 aliphatic carbocycles. The lowest BCUT2D eigenvalue weighted by molar-refractivity contribution is 0.189. The first kappa shape index (κ1) is 14.3. The summed E-state index contributed by atoms with van der Waals surface area (Å²) >= 11 is 5.83. The Kier molecular flexibility index (Phi) is 4.36. The largest absolute Gasteiger partial charge is 0.473 e. The SMILES string of the molecule is Cc1cnc(Cl)nc1OC1CCN(Cc2ccccc2)C1. The van der Waals surface area contributed by atoms with Crippen LogP contribution in [0.5, 0.6) is 5.88 Å². The Bertz CT molecular complexity index is 606. The number of halogens is 1. The average molecular weight is 304 g/mol. The Labute approximate surface area is 129 Å². The molecule has 0 bridgehead atoms. The van der Waals surface area contributed by atoms with Crippen LogP contribution in [0.3, 0.4) is 0 Å². The van der Waals surface area contributed by atoms with Gasteiger partial charge in [-0.15, -0.1) is 0 Å². The van der Waals surface area contributed by atoms with Crippen molar-refractivity contribution >= 4 is 11.6 Å². The fourth-order valence-electron chi connectivity index (χ4n) is 2.56. The van der Waals surface area contributed by atoms with E-state index in [1.165, 1.54) is 5.56 Å². The number of benzene rings is 1. The van der Waals surface area contributed by atoms with E-state index < -0.39 is 0 Å². The van der Waals surface area contributed by atoms with E-state index in [-0.39, 0.29) is 11.4 Å². The zero-order valence-electron chi connectivity index (χ0n) is 12.0. The van der Waals surface area contributed by atoms with Crippen molar-refractivity contribution in [3.8, 4) is 5.88 Å². The first-order chi connectivity index (χ1) is 10.2. The molecule has 21 heavy (non-hydrogen) atoms. The molecule has 1 atom stereocenters. The van der Waals surface area contributed by atoms with Crippen molar-refractivity contribution < 1.29 is 4.74 Å². The van der Waals surface area contributed by atoms with Crippen LogP contribution in [0.1, 0.15) is 17.5 Å². The summed E-state index contributed by atoms with van der Waals surface area (Å²) in [7, 11) is 0. The molecule has 1 saturated heterocycles. The quantitative estimate of drug-likeness (QED) is 0.814. The molecule has 0 N–H and O–H groups in total. The average Bonchev–Trinajstić information content (AvgIpc) is 2.91. The van der Waals surface area contributed by atoms with Gasteiger partial charge in [0.2, 0.25) is 11.2 Å². The summed E-state index contributed by atoms with van der Waals surface area (Å²) in [6, 6.07) is 10.5. The van der Waals surface area contributed by atoms with Gasteiger partial charge in [0.05, 0.1) is 0 Å². The van der Waals surface area contributed by atoms with E-state index in [0.717, 1.165) is 31.6 Å². The number of aromatic nitrogens is 2. The summed E-state index contributed by atoms with van der Waals surface area (Å²) in [6.07, 6.45) is 2.87. The summed E-state index contributed by atoms with van der Waals surface area (Å²) < 4.78 is 5.98. The molecule has 1 fully saturated rings. The number of hydrogen-bond acceptors (Lipinski definition) is 4. The minimum atomic E-state index is 0.165. The van der Waals surface area contributed by atoms with Crippen LogP contribution in [0.4, 0.5) is 0 Å². The van der Waals surface area contributed by atoms with Gasteiger partial charge in [-0.2, -0.15) is 4.98 Å². The smallest absolute Gasteiger partial charge is 0.225 e. The van der Waals surface area contributed by atoms with Crippen LogP contribution in [0.25, 0.3) is 0 Å². The van der Waals surface area contributed by atoms with Gasteiger partial charge in [0.1, 0.15) is 6.10 Å². The Hall–Kier alpha value is -1.65. The fourth-order valence-corrected chi connectivity index (χ4v) is 2.69. The number of hydrogen-bond donors (Lipinski definition) is 0. The fraction of sp³-hybridized carbons (Fsp3) is 0.375. The number of ether oxygens (including phenoxy) is 1. The number of nitrogens with zero attached hydrogens (tertiary/aromatic N) is 3. The van der Waals surface area contributed by atoms with Crippen LogP contribution in [0, 0.1) is 6.92 Å². The van der Waals surface area contributed by atoms with E-state index in [1.54, 1.807) is 6.20 Å². The van der Waals surface area contributed by atoms with Crippen LogP contribution in [-0.2, 0) is 6.54 Å². The van der Waals surface area contributed by atoms with Crippen molar-refractivity contribution in [3.63, 3.8) is 0 Å². The zero-order chi connectivity index (χ0) is 14.7. The summed E-state index contributed by atoms with van der Waals surface area (Å²) in [6.45, 7) is 4.85. The van der Waals surface area contributed by atoms with Gasteiger partial charge in [0.15, 0.2) is 0 Å². The number of aryl methyl sites for hydroxylation is 1. The number of likely N-dealkylation sites (tertiary alicyclic amines) is 1. The van der Waals surface area contributed by atoms with E-state index in [0.29, 0.717) is 5.88 Å². The first-order valence-corrected chi connectivity index (χ1v) is 7.50. The molecular weight excluding hydrogens is 286 g/mol. The molecule has 0 spiro atoms. The lowest BCUT2D eigenvalue weighted by Gasteiger charge is -2.17. The van der Waals surface area contributed by atoms with Crippen molar-refractivity contribution in [2.24, 2.45) is 0 Å². The highest BCUT2D eigenvalue weighted by Crippen LogP contribution is 2.21. The van der Waals surface area contributed by atoms with Gasteiger partial charge in [0, 0.05) is 31.4 Å². The van der Waals surface area contributed by atoms with Gasteiger partial charge in [-0.1, -0.05) is 30.3 Å². The summed E-state index contributed by atoms with van der Waals surface area (Å²) in [5.74, 6) is 0.599. The molecule has 0 radical (unpaired) electrons. The van der Waals surface area contributed by atoms with Crippen molar-refractivity contribution in [2.45, 2.75) is 26.0 Å². The van der Waals surface area contributed by atoms with Gasteiger partial charge in [-0.25, -0.2) is 4.98 Å². The highest BCUT2D eigenvalue weighted by atomic mass is 35.5. The molecule has 1 unspecified atom stereocenters. The van der Waals surface area contributed by atoms with Gasteiger partial charge < -0.3 is 4.74 Å². The normalized spacial score (nSPS) is 18.9. The third-order valence-electron chi connectivity index (χ3n) is 3.65. The van der Waals surface area contributed by atoms with E-state index in [4.69, 9.17) is 16.3 Å². The predicted octanol–water partition coefficient (Wildman–Crippen LogP) is 3.09. The van der Waals surface area contributed by atoms with Crippen LogP contribution >= 0.6 is 11.6 Å². The maximum Gasteiger partial charge on any atom is 0.225 e. The van der Waals surface area contributed by atoms with E-state index >= 15 is 0 Å². The second-order valence-electron chi connectivity index (χ2n) is 5.38. The maximum atomic E-state index is 5.98. The molecule has 2 aromatic rings. The topological polar surface area (TPSA) is 38.3 Å². The maximum absolute atomic E-state index is 5.98. The van der Waals surface area contributed by atoms with Gasteiger partial charge in [-0.3, -0.25) is 4.90 Å². The molecule has 5 heteroatoms. The Morgan fingerprint density at radius 3 is 2.95 bits per heavy atom. The van der Waals surface area contributed by atoms with Crippen LogP contribution in [0.15, 0.2) is 36.5 Å². The number of rotatable bonds is 4. The molecule has 1 aliphatic rings. The molecule has 0 amide bonds. The second-order valence-corrected chi connectivity index (χ2v) is 5.71. The lowest BCUT2D eigenvalue weighted by Crippen LogP contribution is -2.25. The summed E-state index contributed by atoms with van der Waals surface area (Å²) in [5.41, 5.74) is 2.25. The summed E-state index contributed by atoms with van der Waals surface area (Å²) in [4.78, 5) is 10.5. The summed E-state index contributed by atoms with van der Waals surface area (Å²) in [5, 5.41) is 0.231. The van der Waals surface area contributed by atoms with Gasteiger partial charge in [-0.05, 0) is 30.5 Å². The minimum absolute atomic E-state index is 0.165. The van der Waals surface area contributed by atoms with Crippen molar-refractivity contribution in [3.05, 3.63) is 52.9 Å². The van der Waals surface area contributed by atoms with E-state index in [2.05, 4.69) is 39.1 Å². The van der Waals surface area contributed by atoms with E-state index in [9.17, 15) is 0 Å². The van der Waals surface area contributed by atoms with Gasteiger partial charge in [0.25, 0.3) is 0 Å².